The molecule has 1 aliphatic heterocycles. The first-order chi connectivity index (χ1) is 19.5. The first-order valence-corrected chi connectivity index (χ1v) is 17.3. The van der Waals surface area contributed by atoms with E-state index in [9.17, 15) is 21.6 Å². The molecule has 3 aromatic carbocycles. The number of sulfonamides is 1. The third-order valence-corrected chi connectivity index (χ3v) is 11.5. The smallest absolute Gasteiger partial charge is 0.271 e. The van der Waals surface area contributed by atoms with Crippen LogP contribution >= 0.6 is 22.9 Å². The zero-order valence-electron chi connectivity index (χ0n) is 22.1. The van der Waals surface area contributed by atoms with E-state index in [0.29, 0.717) is 40.9 Å². The zero-order chi connectivity index (χ0) is 29.2. The van der Waals surface area contributed by atoms with Gasteiger partial charge in [0, 0.05) is 36.6 Å². The van der Waals surface area contributed by atoms with Crippen molar-refractivity contribution in [1.29, 1.82) is 0 Å². The molecule has 0 unspecified atom stereocenters. The maximum atomic E-state index is 12.9. The highest BCUT2D eigenvalue weighted by molar-refractivity contribution is 7.94. The minimum absolute atomic E-state index is 0.134. The van der Waals surface area contributed by atoms with Gasteiger partial charge in [-0.25, -0.2) is 16.8 Å². The molecule has 0 atom stereocenters. The Morgan fingerprint density at radius 2 is 1.59 bits per heavy atom. The van der Waals surface area contributed by atoms with E-state index < -0.39 is 19.9 Å². The molecule has 1 aliphatic rings. The number of halogens is 1. The van der Waals surface area contributed by atoms with E-state index in [0.717, 1.165) is 33.6 Å². The molecule has 12 heteroatoms. The summed E-state index contributed by atoms with van der Waals surface area (Å²) in [4.78, 5) is 15.0. The van der Waals surface area contributed by atoms with Crippen LogP contribution in [0, 0.1) is 6.92 Å². The summed E-state index contributed by atoms with van der Waals surface area (Å²) in [7, 11) is -6.67. The molecule has 41 heavy (non-hydrogen) atoms. The standard InChI is InChI=1S/C29H28ClN3O5S3/c1-20-2-9-25(32-41(37,38)28-13-12-27(30)39-28)18-26(20)22-5-7-23(8-6-22)29(34)31-24-10-3-21(4-11-24)19-33-14-16-40(35,36)17-15-33/h2-13,18,32H,14-17,19H2,1H3,(H,31,34). The molecule has 214 valence electrons. The number of carbonyl (C=O) groups is 1. The van der Waals surface area contributed by atoms with Crippen molar-refractivity contribution >= 4 is 60.1 Å². The highest BCUT2D eigenvalue weighted by atomic mass is 35.5. The third kappa shape index (κ3) is 7.35. The second-order valence-electron chi connectivity index (χ2n) is 9.85. The molecule has 0 spiro atoms. The summed E-state index contributed by atoms with van der Waals surface area (Å²) in [6.45, 7) is 3.65. The van der Waals surface area contributed by atoms with Crippen molar-refractivity contribution in [3.63, 3.8) is 0 Å². The van der Waals surface area contributed by atoms with Gasteiger partial charge in [-0.1, -0.05) is 41.9 Å². The summed E-state index contributed by atoms with van der Waals surface area (Å²) in [6.07, 6.45) is 0. The molecular formula is C29H28ClN3O5S3. The molecule has 1 amide bonds. The minimum atomic E-state index is -3.76. The van der Waals surface area contributed by atoms with Gasteiger partial charge in [0.15, 0.2) is 9.84 Å². The van der Waals surface area contributed by atoms with Crippen LogP contribution in [0.3, 0.4) is 0 Å². The van der Waals surface area contributed by atoms with Gasteiger partial charge in [-0.05, 0) is 77.7 Å². The molecule has 0 bridgehead atoms. The van der Waals surface area contributed by atoms with Gasteiger partial charge in [0.1, 0.15) is 4.21 Å². The highest BCUT2D eigenvalue weighted by Crippen LogP contribution is 2.30. The first kappa shape index (κ1) is 29.3. The molecular weight excluding hydrogens is 602 g/mol. The minimum Gasteiger partial charge on any atom is -0.322 e. The van der Waals surface area contributed by atoms with Gasteiger partial charge in [0.05, 0.1) is 15.8 Å². The van der Waals surface area contributed by atoms with E-state index in [2.05, 4.69) is 14.9 Å². The molecule has 5 rings (SSSR count). The van der Waals surface area contributed by atoms with E-state index in [-0.39, 0.29) is 21.6 Å². The van der Waals surface area contributed by atoms with Crippen molar-refractivity contribution in [1.82, 2.24) is 4.90 Å². The van der Waals surface area contributed by atoms with Crippen LogP contribution < -0.4 is 10.0 Å². The summed E-state index contributed by atoms with van der Waals surface area (Å²) in [5.74, 6) is 0.128. The molecule has 1 fully saturated rings. The van der Waals surface area contributed by atoms with Gasteiger partial charge < -0.3 is 5.32 Å². The molecule has 4 aromatic rings. The lowest BCUT2D eigenvalue weighted by molar-refractivity contribution is 0.102. The number of hydrogen-bond acceptors (Lipinski definition) is 7. The Hall–Kier alpha value is -3.22. The molecule has 2 heterocycles. The molecule has 2 N–H and O–H groups in total. The summed E-state index contributed by atoms with van der Waals surface area (Å²) in [6, 6.07) is 23.0. The number of nitrogens with one attached hydrogen (secondary N) is 2. The fourth-order valence-corrected chi connectivity index (χ4v) is 8.32. The number of benzene rings is 3. The van der Waals surface area contributed by atoms with Gasteiger partial charge >= 0.3 is 0 Å². The van der Waals surface area contributed by atoms with Gasteiger partial charge in [-0.2, -0.15) is 0 Å². The molecule has 8 nitrogen and oxygen atoms in total. The predicted octanol–water partition coefficient (Wildman–Crippen LogP) is 5.66. The number of amides is 1. The fourth-order valence-electron chi connectivity index (χ4n) is 4.51. The number of sulfone groups is 1. The Morgan fingerprint density at radius 1 is 0.927 bits per heavy atom. The molecule has 0 aliphatic carbocycles. The summed E-state index contributed by atoms with van der Waals surface area (Å²) < 4.78 is 51.8. The van der Waals surface area contributed by atoms with Crippen molar-refractivity contribution in [3.05, 3.63) is 99.9 Å². The molecule has 0 radical (unpaired) electrons. The van der Waals surface area contributed by atoms with E-state index >= 15 is 0 Å². The van der Waals surface area contributed by atoms with Gasteiger partial charge in [-0.3, -0.25) is 14.4 Å². The van der Waals surface area contributed by atoms with Gasteiger partial charge in [0.2, 0.25) is 0 Å². The van der Waals surface area contributed by atoms with Crippen molar-refractivity contribution in [2.24, 2.45) is 0 Å². The summed E-state index contributed by atoms with van der Waals surface area (Å²) >= 11 is 6.89. The van der Waals surface area contributed by atoms with Crippen LogP contribution in [-0.2, 0) is 26.4 Å². The average molecular weight is 630 g/mol. The maximum absolute atomic E-state index is 12.9. The van der Waals surface area contributed by atoms with E-state index in [1.54, 1.807) is 30.3 Å². The van der Waals surface area contributed by atoms with Crippen LogP contribution in [0.25, 0.3) is 11.1 Å². The van der Waals surface area contributed by atoms with E-state index in [1.165, 1.54) is 6.07 Å². The maximum Gasteiger partial charge on any atom is 0.271 e. The Kier molecular flexibility index (Phi) is 8.53. The predicted molar refractivity (Wildman–Crippen MR) is 165 cm³/mol. The van der Waals surface area contributed by atoms with E-state index in [1.807, 2.05) is 49.4 Å². The summed E-state index contributed by atoms with van der Waals surface area (Å²) in [5.41, 5.74) is 5.24. The quantitative estimate of drug-likeness (QED) is 0.260. The Morgan fingerprint density at radius 3 is 2.22 bits per heavy atom. The first-order valence-electron chi connectivity index (χ1n) is 12.8. The molecule has 0 saturated carbocycles. The lowest BCUT2D eigenvalue weighted by Gasteiger charge is -2.26. The van der Waals surface area contributed by atoms with Crippen molar-refractivity contribution in [3.8, 4) is 11.1 Å². The van der Waals surface area contributed by atoms with Gasteiger partial charge in [-0.15, -0.1) is 11.3 Å². The topological polar surface area (TPSA) is 113 Å². The van der Waals surface area contributed by atoms with E-state index in [4.69, 9.17) is 11.6 Å². The fraction of sp³-hybridized carbons (Fsp3) is 0.207. The van der Waals surface area contributed by atoms with Crippen LogP contribution in [0.5, 0.6) is 0 Å². The van der Waals surface area contributed by atoms with Crippen LogP contribution in [0.1, 0.15) is 21.5 Å². The Labute approximate surface area is 249 Å². The second-order valence-corrected chi connectivity index (χ2v) is 15.8. The lowest BCUT2D eigenvalue weighted by atomic mass is 9.99. The van der Waals surface area contributed by atoms with Crippen molar-refractivity contribution in [2.45, 2.75) is 17.7 Å². The second kappa shape index (κ2) is 11.9. The zero-order valence-corrected chi connectivity index (χ0v) is 25.3. The van der Waals surface area contributed by atoms with Crippen LogP contribution in [0.2, 0.25) is 4.34 Å². The normalized spacial score (nSPS) is 15.4. The number of anilines is 2. The lowest BCUT2D eigenvalue weighted by Crippen LogP contribution is -2.39. The average Bonchev–Trinajstić information content (AvgIpc) is 3.39. The van der Waals surface area contributed by atoms with Crippen LogP contribution in [0.15, 0.2) is 83.1 Å². The number of thiophene rings is 1. The Balaban J connectivity index is 1.22. The molecule has 1 saturated heterocycles. The Bertz CT molecular complexity index is 1770. The van der Waals surface area contributed by atoms with Crippen LogP contribution in [-0.4, -0.2) is 52.2 Å². The number of aryl methyl sites for hydroxylation is 1. The number of carbonyl (C=O) groups excluding carboxylic acids is 1. The molecule has 1 aromatic heterocycles. The SMILES string of the molecule is Cc1ccc(NS(=O)(=O)c2ccc(Cl)s2)cc1-c1ccc(C(=O)Nc2ccc(CN3CCS(=O)(=O)CC3)cc2)cc1. The van der Waals surface area contributed by atoms with Crippen molar-refractivity contribution in [2.75, 3.05) is 34.6 Å². The largest absolute Gasteiger partial charge is 0.322 e. The monoisotopic (exact) mass is 629 g/mol. The third-order valence-electron chi connectivity index (χ3n) is 6.82. The highest BCUT2D eigenvalue weighted by Gasteiger charge is 2.21. The van der Waals surface area contributed by atoms with Gasteiger partial charge in [0.25, 0.3) is 15.9 Å². The van der Waals surface area contributed by atoms with Crippen molar-refractivity contribution < 1.29 is 21.6 Å². The number of rotatable bonds is 8. The summed E-state index contributed by atoms with van der Waals surface area (Å²) in [5, 5.41) is 2.91. The van der Waals surface area contributed by atoms with Crippen LogP contribution in [0.4, 0.5) is 11.4 Å². The number of nitrogens with zero attached hydrogens (tertiary/aromatic N) is 1. The number of hydrogen-bond donors (Lipinski definition) is 2.